The lowest BCUT2D eigenvalue weighted by Crippen LogP contribution is -2.27. The van der Waals surface area contributed by atoms with E-state index in [1.165, 1.54) is 11.5 Å². The molecule has 1 atom stereocenters. The molecule has 1 aromatic heterocycles. The highest BCUT2D eigenvalue weighted by molar-refractivity contribution is 7.13. The maximum absolute atomic E-state index is 6.11. The molecule has 0 saturated carbocycles. The fourth-order valence-corrected chi connectivity index (χ4v) is 3.58. The van der Waals surface area contributed by atoms with E-state index >= 15 is 0 Å². The van der Waals surface area contributed by atoms with Crippen LogP contribution in [0.4, 0.5) is 0 Å². The number of nitrogens with zero attached hydrogens (tertiary/aromatic N) is 2. The Morgan fingerprint density at radius 1 is 1.13 bits per heavy atom. The zero-order valence-electron chi connectivity index (χ0n) is 12.4. The van der Waals surface area contributed by atoms with Crippen LogP contribution in [0.1, 0.15) is 12.5 Å². The molecule has 1 aliphatic heterocycles. The van der Waals surface area contributed by atoms with E-state index in [-0.39, 0.29) is 12.4 Å². The smallest absolute Gasteiger partial charge is 0.128 e. The molecule has 0 aliphatic carbocycles. The molecule has 4 rings (SSSR count). The maximum atomic E-state index is 6.11. The van der Waals surface area contributed by atoms with Crippen molar-refractivity contribution in [2.45, 2.75) is 13.0 Å². The van der Waals surface area contributed by atoms with Crippen molar-refractivity contribution in [3.05, 3.63) is 53.1 Å². The van der Waals surface area contributed by atoms with Gasteiger partial charge in [-0.15, -0.1) is 12.4 Å². The van der Waals surface area contributed by atoms with Gasteiger partial charge in [-0.2, -0.15) is 4.37 Å². The first-order chi connectivity index (χ1) is 10.7. The van der Waals surface area contributed by atoms with E-state index in [4.69, 9.17) is 11.6 Å². The molecule has 3 aromatic rings. The minimum absolute atomic E-state index is 0. The van der Waals surface area contributed by atoms with Crippen molar-refractivity contribution in [3.63, 3.8) is 0 Å². The first kappa shape index (κ1) is 16.2. The van der Waals surface area contributed by atoms with Crippen LogP contribution in [0.25, 0.3) is 21.3 Å². The summed E-state index contributed by atoms with van der Waals surface area (Å²) in [6.45, 7) is 2.97. The van der Waals surface area contributed by atoms with Gasteiger partial charge in [-0.1, -0.05) is 35.9 Å². The zero-order valence-corrected chi connectivity index (χ0v) is 14.8. The molecule has 118 valence electrons. The molecule has 0 saturated heterocycles. The van der Waals surface area contributed by atoms with Gasteiger partial charge in [0.2, 0.25) is 0 Å². The summed E-state index contributed by atoms with van der Waals surface area (Å²) in [6, 6.07) is 14.7. The summed E-state index contributed by atoms with van der Waals surface area (Å²) in [5.41, 5.74) is 3.21. The van der Waals surface area contributed by atoms with Crippen molar-refractivity contribution < 1.29 is 0 Å². The van der Waals surface area contributed by atoms with E-state index in [9.17, 15) is 0 Å². The Balaban J connectivity index is 0.00000156. The highest BCUT2D eigenvalue weighted by Gasteiger charge is 2.15. The molecule has 2 aromatic carbocycles. The lowest BCUT2D eigenvalue weighted by Gasteiger charge is -2.06. The van der Waals surface area contributed by atoms with E-state index < -0.39 is 0 Å². The Labute approximate surface area is 150 Å². The third kappa shape index (κ3) is 3.07. The summed E-state index contributed by atoms with van der Waals surface area (Å²) >= 11 is 7.62. The van der Waals surface area contributed by atoms with Gasteiger partial charge in [0, 0.05) is 27.6 Å². The molecule has 0 bridgehead atoms. The molecule has 3 nitrogen and oxygen atoms in total. The fourth-order valence-electron chi connectivity index (χ4n) is 2.63. The average Bonchev–Trinajstić information content (AvgIpc) is 3.13. The predicted octanol–water partition coefficient (Wildman–Crippen LogP) is 4.78. The predicted molar refractivity (Wildman–Crippen MR) is 101 cm³/mol. The van der Waals surface area contributed by atoms with Gasteiger partial charge < -0.3 is 5.32 Å². The first-order valence-electron chi connectivity index (χ1n) is 7.17. The molecule has 1 N–H and O–H groups in total. The Morgan fingerprint density at radius 2 is 1.87 bits per heavy atom. The van der Waals surface area contributed by atoms with E-state index in [2.05, 4.69) is 45.9 Å². The average molecular weight is 364 g/mol. The van der Waals surface area contributed by atoms with Crippen LogP contribution < -0.4 is 5.32 Å². The number of aliphatic imine (C=N–C) groups is 1. The normalized spacial score (nSPS) is 16.8. The SMILES string of the molecule is CC1CN=C(c2ccc(-c3nsc4ccc(Cl)cc34)cc2)N1.Cl. The first-order valence-corrected chi connectivity index (χ1v) is 8.32. The lowest BCUT2D eigenvalue weighted by atomic mass is 10.1. The number of amidine groups is 1. The van der Waals surface area contributed by atoms with E-state index in [0.29, 0.717) is 6.04 Å². The monoisotopic (exact) mass is 363 g/mol. The van der Waals surface area contributed by atoms with Crippen LogP contribution >= 0.6 is 35.5 Å². The van der Waals surface area contributed by atoms with E-state index in [1.807, 2.05) is 18.2 Å². The second-order valence-electron chi connectivity index (χ2n) is 5.48. The molecular formula is C17H15Cl2N3S. The molecule has 6 heteroatoms. The molecule has 23 heavy (non-hydrogen) atoms. The number of fused-ring (bicyclic) bond motifs is 1. The molecule has 0 radical (unpaired) electrons. The minimum atomic E-state index is 0. The van der Waals surface area contributed by atoms with Crippen LogP contribution in [0.15, 0.2) is 47.5 Å². The van der Waals surface area contributed by atoms with Crippen molar-refractivity contribution in [2.24, 2.45) is 4.99 Å². The molecule has 1 aliphatic rings. The number of halogens is 2. The number of benzene rings is 2. The third-order valence-electron chi connectivity index (χ3n) is 3.77. The second-order valence-corrected chi connectivity index (χ2v) is 6.73. The fraction of sp³-hybridized carbons (Fsp3) is 0.176. The van der Waals surface area contributed by atoms with Crippen LogP contribution in [0.2, 0.25) is 5.02 Å². The van der Waals surface area contributed by atoms with Crippen molar-refractivity contribution in [1.82, 2.24) is 9.69 Å². The summed E-state index contributed by atoms with van der Waals surface area (Å²) < 4.78 is 5.74. The van der Waals surface area contributed by atoms with Gasteiger partial charge in [0.1, 0.15) is 5.84 Å². The van der Waals surface area contributed by atoms with Gasteiger partial charge in [-0.05, 0) is 36.7 Å². The topological polar surface area (TPSA) is 37.3 Å². The van der Waals surface area contributed by atoms with Crippen molar-refractivity contribution >= 4 is 51.5 Å². The van der Waals surface area contributed by atoms with Gasteiger partial charge in [0.25, 0.3) is 0 Å². The maximum Gasteiger partial charge on any atom is 0.128 e. The van der Waals surface area contributed by atoms with Gasteiger partial charge in [-0.25, -0.2) is 0 Å². The molecule has 0 fully saturated rings. The summed E-state index contributed by atoms with van der Waals surface area (Å²) in [6.07, 6.45) is 0. The van der Waals surface area contributed by atoms with Crippen LogP contribution in [0.3, 0.4) is 0 Å². The molecule has 0 amide bonds. The summed E-state index contributed by atoms with van der Waals surface area (Å²) in [5, 5.41) is 5.23. The van der Waals surface area contributed by atoms with Gasteiger partial charge in [0.05, 0.1) is 16.9 Å². The number of rotatable bonds is 2. The summed E-state index contributed by atoms with van der Waals surface area (Å²) in [4.78, 5) is 4.52. The van der Waals surface area contributed by atoms with Gasteiger partial charge in [-0.3, -0.25) is 4.99 Å². The largest absolute Gasteiger partial charge is 0.366 e. The van der Waals surface area contributed by atoms with E-state index in [1.54, 1.807) is 0 Å². The minimum Gasteiger partial charge on any atom is -0.366 e. The third-order valence-corrected chi connectivity index (χ3v) is 4.83. The van der Waals surface area contributed by atoms with Gasteiger partial charge >= 0.3 is 0 Å². The Kier molecular flexibility index (Phi) is 4.57. The van der Waals surface area contributed by atoms with Gasteiger partial charge in [0.15, 0.2) is 0 Å². The van der Waals surface area contributed by atoms with Crippen LogP contribution in [-0.4, -0.2) is 22.8 Å². The molecule has 1 unspecified atom stereocenters. The molecular weight excluding hydrogens is 349 g/mol. The number of hydrogen-bond donors (Lipinski definition) is 1. The van der Waals surface area contributed by atoms with Crippen LogP contribution in [0, 0.1) is 0 Å². The second kappa shape index (κ2) is 6.48. The lowest BCUT2D eigenvalue weighted by molar-refractivity contribution is 0.726. The number of hydrogen-bond acceptors (Lipinski definition) is 4. The summed E-state index contributed by atoms with van der Waals surface area (Å²) in [7, 11) is 0. The quantitative estimate of drug-likeness (QED) is 0.711. The van der Waals surface area contributed by atoms with Crippen molar-refractivity contribution in [2.75, 3.05) is 6.54 Å². The number of aromatic nitrogens is 1. The molecule has 2 heterocycles. The Hall–Kier alpha value is -1.62. The van der Waals surface area contributed by atoms with Crippen molar-refractivity contribution in [3.8, 4) is 11.3 Å². The molecule has 0 spiro atoms. The standard InChI is InChI=1S/C17H14ClN3S.ClH/c1-10-9-19-17(20-10)12-4-2-11(3-5-12)16-14-8-13(18)6-7-15(14)22-21-16;/h2-8,10H,9H2,1H3,(H,19,20);1H. The van der Waals surface area contributed by atoms with E-state index in [0.717, 1.165) is 44.3 Å². The Morgan fingerprint density at radius 3 is 2.57 bits per heavy atom. The summed E-state index contributed by atoms with van der Waals surface area (Å²) in [5.74, 6) is 0.977. The Bertz CT molecular complexity index is 871. The van der Waals surface area contributed by atoms with Crippen LogP contribution in [0.5, 0.6) is 0 Å². The zero-order chi connectivity index (χ0) is 15.1. The van der Waals surface area contributed by atoms with Crippen LogP contribution in [-0.2, 0) is 0 Å². The van der Waals surface area contributed by atoms with Crippen molar-refractivity contribution in [1.29, 1.82) is 0 Å². The highest BCUT2D eigenvalue weighted by Crippen LogP contribution is 2.32. The number of nitrogens with one attached hydrogen (secondary N) is 1. The highest BCUT2D eigenvalue weighted by atomic mass is 35.5.